The summed E-state index contributed by atoms with van der Waals surface area (Å²) in [4.78, 5) is 26.0. The number of carbonyl (C=O) groups is 2. The molecule has 1 aliphatic rings. The molecule has 0 spiro atoms. The molecule has 23 heavy (non-hydrogen) atoms. The molecule has 1 atom stereocenters. The molecule has 1 aliphatic heterocycles. The summed E-state index contributed by atoms with van der Waals surface area (Å²) in [5.74, 6) is -0.593. The van der Waals surface area contributed by atoms with Crippen LogP contribution in [0.3, 0.4) is 0 Å². The van der Waals surface area contributed by atoms with Gasteiger partial charge in [0.1, 0.15) is 5.41 Å². The molecule has 1 saturated heterocycles. The number of amides is 1. The monoisotopic (exact) mass is 319 g/mol. The number of piperidine rings is 1. The largest absolute Gasteiger partial charge is 0.481 e. The molecule has 2 rings (SSSR count). The van der Waals surface area contributed by atoms with Gasteiger partial charge in [0, 0.05) is 25.8 Å². The van der Waals surface area contributed by atoms with E-state index >= 15 is 0 Å². The molecule has 1 N–H and O–H groups in total. The molecule has 1 heterocycles. The van der Waals surface area contributed by atoms with E-state index in [1.165, 1.54) is 12.7 Å². The highest BCUT2D eigenvalue weighted by Gasteiger charge is 2.43. The number of methoxy groups -OCH3 is 1. The number of benzene rings is 1. The summed E-state index contributed by atoms with van der Waals surface area (Å²) in [6.45, 7) is 5.11. The molecule has 1 amide bonds. The number of hydrogen-bond acceptors (Lipinski definition) is 3. The Bertz CT molecular complexity index is 563. The number of carboxylic acids is 1. The summed E-state index contributed by atoms with van der Waals surface area (Å²) in [5.41, 5.74) is 0.785. The minimum absolute atomic E-state index is 0.110. The molecule has 1 fully saturated rings. The predicted octanol–water partition coefficient (Wildman–Crippen LogP) is 2.76. The van der Waals surface area contributed by atoms with E-state index < -0.39 is 11.4 Å². The Labute approximate surface area is 137 Å². The number of aliphatic carboxylic acids is 1. The van der Waals surface area contributed by atoms with Gasteiger partial charge in [-0.1, -0.05) is 26.0 Å². The molecule has 0 bridgehead atoms. The lowest BCUT2D eigenvalue weighted by atomic mass is 9.80. The molecule has 126 valence electrons. The van der Waals surface area contributed by atoms with E-state index in [4.69, 9.17) is 4.74 Å². The SMILES string of the molecule is COCC1(C(=O)O)CCCN(C(=O)c2ccc(C(C)C)cc2)C1. The van der Waals surface area contributed by atoms with Crippen molar-refractivity contribution in [2.45, 2.75) is 32.6 Å². The first-order valence-electron chi connectivity index (χ1n) is 8.01. The number of carbonyl (C=O) groups excluding carboxylic acids is 1. The average Bonchev–Trinajstić information content (AvgIpc) is 2.54. The zero-order chi connectivity index (χ0) is 17.0. The van der Waals surface area contributed by atoms with Gasteiger partial charge in [-0.05, 0) is 36.5 Å². The average molecular weight is 319 g/mol. The van der Waals surface area contributed by atoms with Crippen molar-refractivity contribution < 1.29 is 19.4 Å². The molecule has 0 aliphatic carbocycles. The van der Waals surface area contributed by atoms with Crippen LogP contribution in [0.2, 0.25) is 0 Å². The van der Waals surface area contributed by atoms with Crippen molar-refractivity contribution in [1.82, 2.24) is 4.90 Å². The maximum atomic E-state index is 12.7. The summed E-state index contributed by atoms with van der Waals surface area (Å²) < 4.78 is 5.10. The van der Waals surface area contributed by atoms with Crippen LogP contribution in [0.1, 0.15) is 48.5 Å². The van der Waals surface area contributed by atoms with E-state index in [0.717, 1.165) is 0 Å². The van der Waals surface area contributed by atoms with Gasteiger partial charge < -0.3 is 14.7 Å². The van der Waals surface area contributed by atoms with Crippen LogP contribution in [-0.2, 0) is 9.53 Å². The molecule has 1 aromatic rings. The Balaban J connectivity index is 2.17. The molecular weight excluding hydrogens is 294 g/mol. The number of carboxylic acid groups (broad SMARTS) is 1. The van der Waals surface area contributed by atoms with Gasteiger partial charge in [0.2, 0.25) is 0 Å². The van der Waals surface area contributed by atoms with Crippen molar-refractivity contribution in [3.8, 4) is 0 Å². The predicted molar refractivity (Wildman–Crippen MR) is 87.6 cm³/mol. The van der Waals surface area contributed by atoms with Crippen molar-refractivity contribution in [1.29, 1.82) is 0 Å². The highest BCUT2D eigenvalue weighted by molar-refractivity contribution is 5.94. The van der Waals surface area contributed by atoms with Gasteiger partial charge in [-0.2, -0.15) is 0 Å². The molecule has 1 aromatic carbocycles. The van der Waals surface area contributed by atoms with Crippen LogP contribution in [0.5, 0.6) is 0 Å². The van der Waals surface area contributed by atoms with Crippen LogP contribution in [0.25, 0.3) is 0 Å². The first-order chi connectivity index (χ1) is 10.9. The number of nitrogens with zero attached hydrogens (tertiary/aromatic N) is 1. The topological polar surface area (TPSA) is 66.8 Å². The number of rotatable bonds is 5. The van der Waals surface area contributed by atoms with Crippen molar-refractivity contribution in [3.63, 3.8) is 0 Å². The zero-order valence-corrected chi connectivity index (χ0v) is 14.0. The summed E-state index contributed by atoms with van der Waals surface area (Å²) in [6, 6.07) is 7.57. The molecular formula is C18H25NO4. The third-order valence-corrected chi connectivity index (χ3v) is 4.56. The zero-order valence-electron chi connectivity index (χ0n) is 14.0. The van der Waals surface area contributed by atoms with E-state index in [1.54, 1.807) is 4.90 Å². The van der Waals surface area contributed by atoms with Crippen LogP contribution in [-0.4, -0.2) is 48.7 Å². The maximum Gasteiger partial charge on any atom is 0.313 e. The van der Waals surface area contributed by atoms with Gasteiger partial charge in [0.25, 0.3) is 5.91 Å². The lowest BCUT2D eigenvalue weighted by Crippen LogP contribution is -2.52. The molecule has 0 aromatic heterocycles. The Morgan fingerprint density at radius 3 is 2.48 bits per heavy atom. The summed E-state index contributed by atoms with van der Waals surface area (Å²) in [5, 5.41) is 9.57. The summed E-state index contributed by atoms with van der Waals surface area (Å²) in [7, 11) is 1.50. The number of hydrogen-bond donors (Lipinski definition) is 1. The smallest absolute Gasteiger partial charge is 0.313 e. The van der Waals surface area contributed by atoms with Crippen molar-refractivity contribution in [3.05, 3.63) is 35.4 Å². The normalized spacial score (nSPS) is 21.5. The highest BCUT2D eigenvalue weighted by Crippen LogP contribution is 2.31. The Morgan fingerprint density at radius 1 is 1.30 bits per heavy atom. The van der Waals surface area contributed by atoms with Crippen LogP contribution < -0.4 is 0 Å². The molecule has 5 heteroatoms. The number of ether oxygens (including phenoxy) is 1. The van der Waals surface area contributed by atoms with Crippen molar-refractivity contribution in [2.75, 3.05) is 26.8 Å². The van der Waals surface area contributed by atoms with Gasteiger partial charge in [-0.3, -0.25) is 9.59 Å². The standard InChI is InChI=1S/C18H25NO4/c1-13(2)14-5-7-15(8-6-14)16(20)19-10-4-9-18(11-19,12-23-3)17(21)22/h5-8,13H,4,9-12H2,1-3H3,(H,21,22). The van der Waals surface area contributed by atoms with E-state index in [9.17, 15) is 14.7 Å². The molecule has 0 saturated carbocycles. The van der Waals surface area contributed by atoms with Crippen molar-refractivity contribution >= 4 is 11.9 Å². The second kappa shape index (κ2) is 7.13. The fraction of sp³-hybridized carbons (Fsp3) is 0.556. The first-order valence-corrected chi connectivity index (χ1v) is 8.01. The summed E-state index contributed by atoms with van der Waals surface area (Å²) in [6.07, 6.45) is 1.21. The van der Waals surface area contributed by atoms with E-state index in [-0.39, 0.29) is 19.1 Å². The Hall–Kier alpha value is -1.88. The third kappa shape index (κ3) is 3.72. The molecule has 0 radical (unpaired) electrons. The fourth-order valence-corrected chi connectivity index (χ4v) is 3.13. The maximum absolute atomic E-state index is 12.7. The molecule has 1 unspecified atom stereocenters. The van der Waals surface area contributed by atoms with Gasteiger partial charge >= 0.3 is 5.97 Å². The van der Waals surface area contributed by atoms with Crippen LogP contribution in [0, 0.1) is 5.41 Å². The fourth-order valence-electron chi connectivity index (χ4n) is 3.13. The van der Waals surface area contributed by atoms with Crippen molar-refractivity contribution in [2.24, 2.45) is 5.41 Å². The van der Waals surface area contributed by atoms with Gasteiger partial charge in [-0.25, -0.2) is 0 Å². The van der Waals surface area contributed by atoms with Gasteiger partial charge in [-0.15, -0.1) is 0 Å². The minimum Gasteiger partial charge on any atom is -0.481 e. The second-order valence-electron chi connectivity index (χ2n) is 6.63. The third-order valence-electron chi connectivity index (χ3n) is 4.56. The van der Waals surface area contributed by atoms with Crippen LogP contribution in [0.4, 0.5) is 0 Å². The quantitative estimate of drug-likeness (QED) is 0.906. The van der Waals surface area contributed by atoms with Crippen LogP contribution >= 0.6 is 0 Å². The first kappa shape index (κ1) is 17.5. The van der Waals surface area contributed by atoms with Gasteiger partial charge in [0.15, 0.2) is 0 Å². The number of likely N-dealkylation sites (tertiary alicyclic amines) is 1. The van der Waals surface area contributed by atoms with E-state index in [0.29, 0.717) is 30.9 Å². The van der Waals surface area contributed by atoms with Crippen LogP contribution in [0.15, 0.2) is 24.3 Å². The lowest BCUT2D eigenvalue weighted by Gasteiger charge is -2.39. The van der Waals surface area contributed by atoms with E-state index in [1.807, 2.05) is 24.3 Å². The Kier molecular flexibility index (Phi) is 5.42. The van der Waals surface area contributed by atoms with E-state index in [2.05, 4.69) is 13.8 Å². The Morgan fingerprint density at radius 2 is 1.96 bits per heavy atom. The summed E-state index contributed by atoms with van der Waals surface area (Å²) >= 11 is 0. The van der Waals surface area contributed by atoms with Gasteiger partial charge in [0.05, 0.1) is 6.61 Å². The highest BCUT2D eigenvalue weighted by atomic mass is 16.5. The molecule has 5 nitrogen and oxygen atoms in total. The lowest BCUT2D eigenvalue weighted by molar-refractivity contribution is -0.155. The second-order valence-corrected chi connectivity index (χ2v) is 6.63. The minimum atomic E-state index is -0.999.